The minimum absolute atomic E-state index is 0.0251. The van der Waals surface area contributed by atoms with Gasteiger partial charge in [-0.15, -0.1) is 0 Å². The van der Waals surface area contributed by atoms with E-state index >= 15 is 0 Å². The molecule has 0 radical (unpaired) electrons. The SMILES string of the molecule is O=C(O)C1CCC2=C(N1)c1cc3c(cc1OC2)N=CC=NS3(=O)=O. The number of benzene rings is 1. The van der Waals surface area contributed by atoms with Gasteiger partial charge in [0, 0.05) is 23.5 Å². The molecule has 9 heteroatoms. The number of hydrogen-bond acceptors (Lipinski definition) is 6. The van der Waals surface area contributed by atoms with Crippen molar-refractivity contribution in [2.45, 2.75) is 23.8 Å². The normalized spacial score (nSPS) is 23.2. The highest BCUT2D eigenvalue weighted by Crippen LogP contribution is 2.41. The van der Waals surface area contributed by atoms with Crippen LogP contribution in [0.2, 0.25) is 0 Å². The van der Waals surface area contributed by atoms with Crippen LogP contribution in [0.5, 0.6) is 5.75 Å². The third-order valence-corrected chi connectivity index (χ3v) is 5.48. The van der Waals surface area contributed by atoms with E-state index in [9.17, 15) is 18.3 Å². The minimum Gasteiger partial charge on any atom is -0.488 e. The molecule has 124 valence electrons. The molecule has 0 aliphatic carbocycles. The predicted octanol–water partition coefficient (Wildman–Crippen LogP) is 1.10. The molecular formula is C15H13N3O5S. The summed E-state index contributed by atoms with van der Waals surface area (Å²) in [4.78, 5) is 15.3. The maximum atomic E-state index is 12.3. The first-order chi connectivity index (χ1) is 11.5. The lowest BCUT2D eigenvalue weighted by Gasteiger charge is -2.32. The average Bonchev–Trinajstić information content (AvgIpc) is 2.71. The van der Waals surface area contributed by atoms with Gasteiger partial charge in [0.1, 0.15) is 23.3 Å². The molecule has 4 rings (SSSR count). The van der Waals surface area contributed by atoms with Crippen molar-refractivity contribution in [1.82, 2.24) is 5.32 Å². The molecule has 3 aliphatic heterocycles. The number of rotatable bonds is 1. The van der Waals surface area contributed by atoms with Gasteiger partial charge in [-0.3, -0.25) is 4.99 Å². The minimum atomic E-state index is -3.86. The molecule has 0 aromatic heterocycles. The Labute approximate surface area is 137 Å². The highest BCUT2D eigenvalue weighted by atomic mass is 32.2. The van der Waals surface area contributed by atoms with E-state index in [1.165, 1.54) is 12.3 Å². The second kappa shape index (κ2) is 5.17. The van der Waals surface area contributed by atoms with Crippen molar-refractivity contribution < 1.29 is 23.1 Å². The Balaban J connectivity index is 1.88. The Kier molecular flexibility index (Phi) is 3.20. The molecule has 3 aliphatic rings. The Morgan fingerprint density at radius 1 is 1.33 bits per heavy atom. The largest absolute Gasteiger partial charge is 0.488 e. The fraction of sp³-hybridized carbons (Fsp3) is 0.267. The second-order valence-electron chi connectivity index (χ2n) is 5.66. The van der Waals surface area contributed by atoms with Gasteiger partial charge in [0.15, 0.2) is 0 Å². The fourth-order valence-electron chi connectivity index (χ4n) is 3.00. The van der Waals surface area contributed by atoms with Gasteiger partial charge in [0.25, 0.3) is 10.0 Å². The van der Waals surface area contributed by atoms with Crippen molar-refractivity contribution >= 4 is 39.8 Å². The summed E-state index contributed by atoms with van der Waals surface area (Å²) in [6.45, 7) is 0.341. The number of nitrogens with zero attached hydrogens (tertiary/aromatic N) is 2. The third kappa shape index (κ3) is 2.28. The molecule has 2 N–H and O–H groups in total. The summed E-state index contributed by atoms with van der Waals surface area (Å²) in [6, 6.07) is 2.29. The number of hydrogen-bond donors (Lipinski definition) is 2. The average molecular weight is 347 g/mol. The van der Waals surface area contributed by atoms with E-state index in [0.717, 1.165) is 11.8 Å². The van der Waals surface area contributed by atoms with E-state index in [1.807, 2.05) is 0 Å². The number of aliphatic imine (C=N–C) groups is 1. The maximum absolute atomic E-state index is 12.3. The lowest BCUT2D eigenvalue weighted by atomic mass is 9.93. The van der Waals surface area contributed by atoms with E-state index in [4.69, 9.17) is 4.74 Å². The van der Waals surface area contributed by atoms with Crippen LogP contribution in [0.25, 0.3) is 5.70 Å². The van der Waals surface area contributed by atoms with Crippen molar-refractivity contribution in [2.75, 3.05) is 6.61 Å². The van der Waals surface area contributed by atoms with Gasteiger partial charge in [0.2, 0.25) is 0 Å². The lowest BCUT2D eigenvalue weighted by molar-refractivity contribution is -0.139. The van der Waals surface area contributed by atoms with Crippen molar-refractivity contribution in [3.05, 3.63) is 23.3 Å². The number of aliphatic carboxylic acids is 1. The highest BCUT2D eigenvalue weighted by molar-refractivity contribution is 7.90. The topological polar surface area (TPSA) is 117 Å². The molecule has 0 spiro atoms. The number of carboxylic acids is 1. The summed E-state index contributed by atoms with van der Waals surface area (Å²) in [6.07, 6.45) is 3.48. The first kappa shape index (κ1) is 14.9. The first-order valence-corrected chi connectivity index (χ1v) is 8.75. The summed E-state index contributed by atoms with van der Waals surface area (Å²) in [7, 11) is -3.86. The zero-order valence-corrected chi connectivity index (χ0v) is 13.2. The van der Waals surface area contributed by atoms with Crippen LogP contribution < -0.4 is 10.1 Å². The summed E-state index contributed by atoms with van der Waals surface area (Å²) >= 11 is 0. The fourth-order valence-corrected chi connectivity index (χ4v) is 3.97. The summed E-state index contributed by atoms with van der Waals surface area (Å²) in [5.74, 6) is -0.466. The maximum Gasteiger partial charge on any atom is 0.326 e. The Morgan fingerprint density at radius 2 is 2.17 bits per heavy atom. The van der Waals surface area contributed by atoms with E-state index in [0.29, 0.717) is 36.5 Å². The first-order valence-electron chi connectivity index (χ1n) is 7.31. The molecule has 0 saturated heterocycles. The molecule has 1 unspecified atom stereocenters. The van der Waals surface area contributed by atoms with E-state index in [2.05, 4.69) is 14.7 Å². The van der Waals surface area contributed by atoms with Crippen molar-refractivity contribution in [2.24, 2.45) is 9.39 Å². The van der Waals surface area contributed by atoms with E-state index < -0.39 is 22.0 Å². The molecule has 24 heavy (non-hydrogen) atoms. The quantitative estimate of drug-likeness (QED) is 0.785. The molecular weight excluding hydrogens is 334 g/mol. The van der Waals surface area contributed by atoms with Gasteiger partial charge in [-0.1, -0.05) is 0 Å². The van der Waals surface area contributed by atoms with Gasteiger partial charge in [0.05, 0.1) is 11.9 Å². The zero-order valence-electron chi connectivity index (χ0n) is 12.4. The lowest BCUT2D eigenvalue weighted by Crippen LogP contribution is -2.40. The molecule has 1 aromatic carbocycles. The van der Waals surface area contributed by atoms with Crippen LogP contribution in [0.3, 0.4) is 0 Å². The van der Waals surface area contributed by atoms with Crippen LogP contribution in [-0.2, 0) is 14.8 Å². The summed E-state index contributed by atoms with van der Waals surface area (Å²) in [5.41, 5.74) is 2.33. The van der Waals surface area contributed by atoms with Crippen molar-refractivity contribution in [3.8, 4) is 5.75 Å². The number of carbonyl (C=O) groups is 1. The van der Waals surface area contributed by atoms with Gasteiger partial charge < -0.3 is 15.2 Å². The van der Waals surface area contributed by atoms with Gasteiger partial charge >= 0.3 is 5.97 Å². The number of carboxylic acid groups (broad SMARTS) is 1. The van der Waals surface area contributed by atoms with E-state index in [1.54, 1.807) is 6.07 Å². The van der Waals surface area contributed by atoms with Gasteiger partial charge in [-0.05, 0) is 24.5 Å². The molecule has 0 amide bonds. The molecule has 1 atom stereocenters. The Bertz CT molecular complexity index is 946. The number of ether oxygens (including phenoxy) is 1. The van der Waals surface area contributed by atoms with Crippen LogP contribution in [-0.4, -0.2) is 44.6 Å². The number of nitrogens with one attached hydrogen (secondary N) is 1. The smallest absolute Gasteiger partial charge is 0.326 e. The standard InChI is InChI=1S/C15H13N3O5S/c19-15(20)10-2-1-8-7-23-12-6-11-13(5-9(12)14(8)18-10)24(21,22)17-4-3-16-11/h3-6,10,18H,1-2,7H2,(H,19,20). The van der Waals surface area contributed by atoms with Gasteiger partial charge in [-0.25, -0.2) is 4.79 Å². The molecule has 3 heterocycles. The van der Waals surface area contributed by atoms with Crippen LogP contribution in [0, 0.1) is 0 Å². The Hall–Kier alpha value is -2.68. The van der Waals surface area contributed by atoms with E-state index in [-0.39, 0.29) is 10.6 Å². The van der Waals surface area contributed by atoms with Crippen LogP contribution in [0.1, 0.15) is 18.4 Å². The predicted molar refractivity (Wildman–Crippen MR) is 86.5 cm³/mol. The number of fused-ring (bicyclic) bond motifs is 3. The molecule has 0 fully saturated rings. The van der Waals surface area contributed by atoms with Crippen LogP contribution in [0.4, 0.5) is 5.69 Å². The van der Waals surface area contributed by atoms with Crippen LogP contribution >= 0.6 is 0 Å². The van der Waals surface area contributed by atoms with Gasteiger partial charge in [-0.2, -0.15) is 12.8 Å². The number of sulfonamides is 1. The van der Waals surface area contributed by atoms with Crippen molar-refractivity contribution in [3.63, 3.8) is 0 Å². The van der Waals surface area contributed by atoms with Crippen LogP contribution in [0.15, 0.2) is 32.0 Å². The van der Waals surface area contributed by atoms with Crippen molar-refractivity contribution in [1.29, 1.82) is 0 Å². The molecule has 8 nitrogen and oxygen atoms in total. The zero-order chi connectivity index (χ0) is 16.9. The molecule has 1 aromatic rings. The second-order valence-corrected chi connectivity index (χ2v) is 7.27. The third-order valence-electron chi connectivity index (χ3n) is 4.20. The summed E-state index contributed by atoms with van der Waals surface area (Å²) in [5, 5.41) is 12.2. The molecule has 0 saturated carbocycles. The Morgan fingerprint density at radius 3 is 2.96 bits per heavy atom. The monoisotopic (exact) mass is 347 g/mol. The summed E-state index contributed by atoms with van der Waals surface area (Å²) < 4.78 is 33.8. The molecule has 0 bridgehead atoms. The highest BCUT2D eigenvalue weighted by Gasteiger charge is 2.32.